The molecule has 1 aromatic rings. The van der Waals surface area contributed by atoms with Gasteiger partial charge in [0.15, 0.2) is 0 Å². The second-order valence-corrected chi connectivity index (χ2v) is 6.62. The van der Waals surface area contributed by atoms with Crippen LogP contribution < -0.4 is 11.1 Å². The van der Waals surface area contributed by atoms with Gasteiger partial charge in [0.25, 0.3) is 0 Å². The highest BCUT2D eigenvalue weighted by atomic mass is 16.2. The summed E-state index contributed by atoms with van der Waals surface area (Å²) in [5.41, 5.74) is 6.93. The lowest BCUT2D eigenvalue weighted by Gasteiger charge is -2.34. The van der Waals surface area contributed by atoms with Gasteiger partial charge >= 0.3 is 0 Å². The van der Waals surface area contributed by atoms with E-state index in [4.69, 9.17) is 5.73 Å². The maximum absolute atomic E-state index is 12.6. The quantitative estimate of drug-likeness (QED) is 0.843. The Hall–Kier alpha value is -1.35. The molecule has 1 aromatic carbocycles. The summed E-state index contributed by atoms with van der Waals surface area (Å²) in [5, 5.41) is 3.27. The third-order valence-corrected chi connectivity index (χ3v) is 5.56. The number of rotatable bonds is 6. The van der Waals surface area contributed by atoms with Crippen molar-refractivity contribution in [1.82, 2.24) is 5.32 Å². The summed E-state index contributed by atoms with van der Waals surface area (Å²) >= 11 is 0. The third-order valence-electron chi connectivity index (χ3n) is 5.56. The molecule has 0 aliphatic heterocycles. The van der Waals surface area contributed by atoms with E-state index in [1.54, 1.807) is 0 Å². The highest BCUT2D eigenvalue weighted by Crippen LogP contribution is 2.33. The van der Waals surface area contributed by atoms with E-state index in [1.165, 1.54) is 5.56 Å². The van der Waals surface area contributed by atoms with Gasteiger partial charge in [-0.3, -0.25) is 4.79 Å². The van der Waals surface area contributed by atoms with Crippen LogP contribution in [0.1, 0.15) is 63.9 Å². The van der Waals surface area contributed by atoms with E-state index < -0.39 is 0 Å². The highest BCUT2D eigenvalue weighted by Gasteiger charge is 2.35. The number of carbonyl (C=O) groups excluding carboxylic acids is 1. The number of carbonyl (C=O) groups is 1. The molecule has 1 amide bonds. The van der Waals surface area contributed by atoms with Gasteiger partial charge in [-0.05, 0) is 50.0 Å². The Bertz CT molecular complexity index is 451. The molecule has 3 N–H and O–H groups in total. The molecule has 122 valence electrons. The molecule has 1 fully saturated rings. The summed E-state index contributed by atoms with van der Waals surface area (Å²) < 4.78 is 0. The SMILES string of the molecule is CCC(CC)(CN)C(=O)NC1CCC(c2ccccc2)CC1. The maximum atomic E-state index is 12.6. The zero-order valence-electron chi connectivity index (χ0n) is 14.0. The van der Waals surface area contributed by atoms with E-state index in [0.717, 1.165) is 38.5 Å². The molecule has 3 nitrogen and oxygen atoms in total. The second-order valence-electron chi connectivity index (χ2n) is 6.62. The van der Waals surface area contributed by atoms with Gasteiger partial charge in [0.05, 0.1) is 5.41 Å². The van der Waals surface area contributed by atoms with Gasteiger partial charge in [-0.2, -0.15) is 0 Å². The molecular weight excluding hydrogens is 272 g/mol. The molecule has 22 heavy (non-hydrogen) atoms. The van der Waals surface area contributed by atoms with Crippen molar-refractivity contribution < 1.29 is 4.79 Å². The monoisotopic (exact) mass is 302 g/mol. The van der Waals surface area contributed by atoms with Crippen LogP contribution in [-0.4, -0.2) is 18.5 Å². The smallest absolute Gasteiger partial charge is 0.227 e. The number of hydrogen-bond donors (Lipinski definition) is 2. The lowest BCUT2D eigenvalue weighted by atomic mass is 9.79. The van der Waals surface area contributed by atoms with Gasteiger partial charge in [0.1, 0.15) is 0 Å². The number of hydrogen-bond acceptors (Lipinski definition) is 2. The fourth-order valence-electron chi connectivity index (χ4n) is 3.59. The Balaban J connectivity index is 1.88. The molecule has 0 radical (unpaired) electrons. The van der Waals surface area contributed by atoms with Crippen LogP contribution in [0.2, 0.25) is 0 Å². The molecule has 0 bridgehead atoms. The molecule has 1 aliphatic rings. The van der Waals surface area contributed by atoms with Gasteiger partial charge < -0.3 is 11.1 Å². The Kier molecular flexibility index (Phi) is 6.01. The van der Waals surface area contributed by atoms with Crippen molar-refractivity contribution in [3.8, 4) is 0 Å². The predicted octanol–water partition coefficient (Wildman–Crippen LogP) is 3.59. The maximum Gasteiger partial charge on any atom is 0.227 e. The number of amides is 1. The van der Waals surface area contributed by atoms with Crippen LogP contribution in [0.5, 0.6) is 0 Å². The average Bonchev–Trinajstić information content (AvgIpc) is 2.58. The molecule has 0 saturated heterocycles. The van der Waals surface area contributed by atoms with Crippen LogP contribution in [0, 0.1) is 5.41 Å². The van der Waals surface area contributed by atoms with Crippen molar-refractivity contribution in [2.24, 2.45) is 11.1 Å². The van der Waals surface area contributed by atoms with Crippen molar-refractivity contribution >= 4 is 5.91 Å². The zero-order valence-corrected chi connectivity index (χ0v) is 14.0. The molecule has 0 unspecified atom stereocenters. The normalized spacial score (nSPS) is 22.3. The van der Waals surface area contributed by atoms with Crippen molar-refractivity contribution in [2.75, 3.05) is 6.54 Å². The lowest BCUT2D eigenvalue weighted by molar-refractivity contribution is -0.132. The van der Waals surface area contributed by atoms with Crippen molar-refractivity contribution in [3.63, 3.8) is 0 Å². The second kappa shape index (κ2) is 7.77. The van der Waals surface area contributed by atoms with E-state index in [0.29, 0.717) is 18.5 Å². The Morgan fingerprint density at radius 3 is 2.23 bits per heavy atom. The lowest BCUT2D eigenvalue weighted by Crippen LogP contribution is -2.49. The molecule has 3 heteroatoms. The zero-order chi connectivity index (χ0) is 16.0. The number of benzene rings is 1. The summed E-state index contributed by atoms with van der Waals surface area (Å²) in [5.74, 6) is 0.800. The molecule has 0 atom stereocenters. The molecule has 0 aromatic heterocycles. The van der Waals surface area contributed by atoms with E-state index in [-0.39, 0.29) is 11.3 Å². The van der Waals surface area contributed by atoms with Gasteiger partial charge in [0.2, 0.25) is 5.91 Å². The number of nitrogens with two attached hydrogens (primary N) is 1. The first-order chi connectivity index (χ1) is 10.6. The summed E-state index contributed by atoms with van der Waals surface area (Å²) in [6.45, 7) is 4.55. The summed E-state index contributed by atoms with van der Waals surface area (Å²) in [6, 6.07) is 11.0. The van der Waals surface area contributed by atoms with E-state index in [1.807, 2.05) is 0 Å². The van der Waals surface area contributed by atoms with E-state index in [2.05, 4.69) is 49.5 Å². The van der Waals surface area contributed by atoms with Crippen LogP contribution in [0.15, 0.2) is 30.3 Å². The fourth-order valence-corrected chi connectivity index (χ4v) is 3.59. The molecular formula is C19H30N2O. The fraction of sp³-hybridized carbons (Fsp3) is 0.632. The van der Waals surface area contributed by atoms with Gasteiger partial charge in [-0.1, -0.05) is 44.2 Å². The molecule has 0 heterocycles. The average molecular weight is 302 g/mol. The van der Waals surface area contributed by atoms with Crippen LogP contribution in [0.25, 0.3) is 0 Å². The first kappa shape index (κ1) is 17.0. The highest BCUT2D eigenvalue weighted by molar-refractivity contribution is 5.83. The van der Waals surface area contributed by atoms with Crippen LogP contribution >= 0.6 is 0 Å². The topological polar surface area (TPSA) is 55.1 Å². The van der Waals surface area contributed by atoms with Crippen molar-refractivity contribution in [2.45, 2.75) is 64.3 Å². The first-order valence-corrected chi connectivity index (χ1v) is 8.71. The van der Waals surface area contributed by atoms with Crippen molar-refractivity contribution in [1.29, 1.82) is 0 Å². The Morgan fingerprint density at radius 1 is 1.14 bits per heavy atom. The summed E-state index contributed by atoms with van der Waals surface area (Å²) in [6.07, 6.45) is 6.07. The van der Waals surface area contributed by atoms with Crippen LogP contribution in [-0.2, 0) is 4.79 Å². The minimum Gasteiger partial charge on any atom is -0.353 e. The van der Waals surface area contributed by atoms with Gasteiger partial charge in [-0.15, -0.1) is 0 Å². The van der Waals surface area contributed by atoms with Gasteiger partial charge in [-0.25, -0.2) is 0 Å². The number of nitrogens with one attached hydrogen (secondary N) is 1. The van der Waals surface area contributed by atoms with Crippen LogP contribution in [0.3, 0.4) is 0 Å². The Labute approximate surface area is 134 Å². The van der Waals surface area contributed by atoms with Crippen LogP contribution in [0.4, 0.5) is 0 Å². The largest absolute Gasteiger partial charge is 0.353 e. The molecule has 0 spiro atoms. The summed E-state index contributed by atoms with van der Waals surface area (Å²) in [7, 11) is 0. The predicted molar refractivity (Wildman–Crippen MR) is 91.7 cm³/mol. The van der Waals surface area contributed by atoms with Crippen molar-refractivity contribution in [3.05, 3.63) is 35.9 Å². The summed E-state index contributed by atoms with van der Waals surface area (Å²) in [4.78, 5) is 12.6. The van der Waals surface area contributed by atoms with Gasteiger partial charge in [0, 0.05) is 12.6 Å². The van der Waals surface area contributed by atoms with E-state index in [9.17, 15) is 4.79 Å². The Morgan fingerprint density at radius 2 is 1.73 bits per heavy atom. The minimum atomic E-state index is -0.379. The molecule has 1 saturated carbocycles. The first-order valence-electron chi connectivity index (χ1n) is 8.71. The standard InChI is InChI=1S/C19H30N2O/c1-3-19(4-2,14-20)18(22)21-17-12-10-16(11-13-17)15-8-6-5-7-9-15/h5-9,16-17H,3-4,10-14,20H2,1-2H3,(H,21,22). The van der Waals surface area contributed by atoms with E-state index >= 15 is 0 Å². The minimum absolute atomic E-state index is 0.156. The molecule has 1 aliphatic carbocycles. The molecule has 2 rings (SSSR count). The third kappa shape index (κ3) is 3.70.